The molecular formula is C18H21NO3S. The molecule has 1 unspecified atom stereocenters. The Kier molecular flexibility index (Phi) is 5.21. The first-order valence-corrected chi connectivity index (χ1v) is 9.38. The summed E-state index contributed by atoms with van der Waals surface area (Å²) in [5.41, 5.74) is 2.67. The van der Waals surface area contributed by atoms with E-state index in [4.69, 9.17) is 0 Å². The van der Waals surface area contributed by atoms with E-state index < -0.39 is 9.84 Å². The molecule has 0 aromatic heterocycles. The minimum Gasteiger partial charge on any atom is -0.345 e. The van der Waals surface area contributed by atoms with Crippen molar-refractivity contribution in [3.8, 4) is 0 Å². The van der Waals surface area contributed by atoms with Gasteiger partial charge in [0.15, 0.2) is 9.84 Å². The van der Waals surface area contributed by atoms with Crippen LogP contribution in [0.2, 0.25) is 0 Å². The first kappa shape index (κ1) is 17.2. The van der Waals surface area contributed by atoms with Crippen LogP contribution in [0, 0.1) is 6.92 Å². The van der Waals surface area contributed by atoms with Gasteiger partial charge in [-0.2, -0.15) is 0 Å². The third-order valence-corrected chi connectivity index (χ3v) is 4.87. The molecule has 0 saturated carbocycles. The molecular weight excluding hydrogens is 310 g/mol. The number of carbonyl (C=O) groups excluding carboxylic acids is 1. The van der Waals surface area contributed by atoms with Crippen LogP contribution in [0.1, 0.15) is 40.9 Å². The zero-order valence-electron chi connectivity index (χ0n) is 13.5. The van der Waals surface area contributed by atoms with Gasteiger partial charge < -0.3 is 5.32 Å². The lowest BCUT2D eigenvalue weighted by Crippen LogP contribution is -2.28. The number of hydrogen-bond acceptors (Lipinski definition) is 3. The molecule has 2 aromatic rings. The summed E-state index contributed by atoms with van der Waals surface area (Å²) in [5.74, 6) is -0.211. The van der Waals surface area contributed by atoms with Crippen molar-refractivity contribution in [2.75, 3.05) is 6.26 Å². The molecule has 1 atom stereocenters. The summed E-state index contributed by atoms with van der Waals surface area (Å²) in [4.78, 5) is 12.6. The van der Waals surface area contributed by atoms with Crippen LogP contribution >= 0.6 is 0 Å². The molecule has 0 aliphatic heterocycles. The van der Waals surface area contributed by atoms with Gasteiger partial charge in [-0.05, 0) is 43.2 Å². The van der Waals surface area contributed by atoms with Gasteiger partial charge in [-0.1, -0.05) is 36.8 Å². The molecule has 5 heteroatoms. The highest BCUT2D eigenvalue weighted by molar-refractivity contribution is 7.90. The molecule has 122 valence electrons. The molecule has 1 N–H and O–H groups in total. The molecule has 0 spiro atoms. The van der Waals surface area contributed by atoms with E-state index in [0.29, 0.717) is 5.56 Å². The Morgan fingerprint density at radius 2 is 1.61 bits per heavy atom. The number of sulfone groups is 1. The van der Waals surface area contributed by atoms with E-state index in [1.807, 2.05) is 38.1 Å². The Morgan fingerprint density at radius 1 is 1.04 bits per heavy atom. The maximum Gasteiger partial charge on any atom is 0.251 e. The molecule has 4 nitrogen and oxygen atoms in total. The van der Waals surface area contributed by atoms with Gasteiger partial charge in [-0.3, -0.25) is 4.79 Å². The summed E-state index contributed by atoms with van der Waals surface area (Å²) in [6.07, 6.45) is 1.92. The fourth-order valence-corrected chi connectivity index (χ4v) is 2.95. The van der Waals surface area contributed by atoms with Crippen LogP contribution in [-0.2, 0) is 9.84 Å². The van der Waals surface area contributed by atoms with Crippen LogP contribution in [-0.4, -0.2) is 20.6 Å². The number of benzene rings is 2. The second-order valence-corrected chi connectivity index (χ2v) is 7.66. The predicted molar refractivity (Wildman–Crippen MR) is 91.2 cm³/mol. The molecule has 2 rings (SSSR count). The molecule has 1 amide bonds. The Labute approximate surface area is 137 Å². The second-order valence-electron chi connectivity index (χ2n) is 5.64. The average molecular weight is 331 g/mol. The van der Waals surface area contributed by atoms with Gasteiger partial charge >= 0.3 is 0 Å². The average Bonchev–Trinajstić information content (AvgIpc) is 2.52. The monoisotopic (exact) mass is 331 g/mol. The van der Waals surface area contributed by atoms with Crippen molar-refractivity contribution in [2.24, 2.45) is 0 Å². The lowest BCUT2D eigenvalue weighted by atomic mass is 10.0. The minimum absolute atomic E-state index is 0.0716. The van der Waals surface area contributed by atoms with E-state index in [2.05, 4.69) is 5.32 Å². The van der Waals surface area contributed by atoms with E-state index in [-0.39, 0.29) is 16.8 Å². The highest BCUT2D eigenvalue weighted by Gasteiger charge is 2.15. The van der Waals surface area contributed by atoms with Gasteiger partial charge in [0.05, 0.1) is 10.9 Å². The molecule has 0 saturated heterocycles. The molecule has 0 radical (unpaired) electrons. The number of aryl methyl sites for hydroxylation is 1. The van der Waals surface area contributed by atoms with Crippen molar-refractivity contribution < 1.29 is 13.2 Å². The van der Waals surface area contributed by atoms with Crippen LogP contribution in [0.3, 0.4) is 0 Å². The van der Waals surface area contributed by atoms with Crippen molar-refractivity contribution in [1.82, 2.24) is 5.32 Å². The Balaban J connectivity index is 2.15. The third kappa shape index (κ3) is 4.42. The van der Waals surface area contributed by atoms with E-state index in [9.17, 15) is 13.2 Å². The minimum atomic E-state index is -3.25. The van der Waals surface area contributed by atoms with Crippen LogP contribution in [0.5, 0.6) is 0 Å². The van der Waals surface area contributed by atoms with Gasteiger partial charge in [0.2, 0.25) is 0 Å². The maximum absolute atomic E-state index is 12.4. The molecule has 0 aliphatic carbocycles. The molecule has 2 aromatic carbocycles. The smallest absolute Gasteiger partial charge is 0.251 e. The summed E-state index contributed by atoms with van der Waals surface area (Å²) >= 11 is 0. The topological polar surface area (TPSA) is 63.2 Å². The lowest BCUT2D eigenvalue weighted by Gasteiger charge is -2.18. The van der Waals surface area contributed by atoms with Gasteiger partial charge in [-0.15, -0.1) is 0 Å². The Hall–Kier alpha value is -2.14. The van der Waals surface area contributed by atoms with Crippen molar-refractivity contribution in [2.45, 2.75) is 31.2 Å². The fourth-order valence-electron chi connectivity index (χ4n) is 2.31. The van der Waals surface area contributed by atoms with Crippen molar-refractivity contribution in [1.29, 1.82) is 0 Å². The number of rotatable bonds is 5. The fraction of sp³-hybridized carbons (Fsp3) is 0.278. The predicted octanol–water partition coefficient (Wildman–Crippen LogP) is 3.28. The lowest BCUT2D eigenvalue weighted by molar-refractivity contribution is 0.0935. The van der Waals surface area contributed by atoms with Crippen molar-refractivity contribution in [3.63, 3.8) is 0 Å². The molecule has 0 fully saturated rings. The number of nitrogens with one attached hydrogen (secondary N) is 1. The van der Waals surface area contributed by atoms with Crippen molar-refractivity contribution >= 4 is 15.7 Å². The maximum atomic E-state index is 12.4. The van der Waals surface area contributed by atoms with Crippen molar-refractivity contribution in [3.05, 3.63) is 65.2 Å². The quantitative estimate of drug-likeness (QED) is 0.914. The van der Waals surface area contributed by atoms with Gasteiger partial charge in [0.25, 0.3) is 5.91 Å². The molecule has 0 aliphatic rings. The van der Waals surface area contributed by atoms with E-state index >= 15 is 0 Å². The first-order chi connectivity index (χ1) is 10.8. The summed E-state index contributed by atoms with van der Waals surface area (Å²) in [6, 6.07) is 14.0. The highest BCUT2D eigenvalue weighted by Crippen LogP contribution is 2.18. The van der Waals surface area contributed by atoms with Gasteiger partial charge in [0, 0.05) is 11.8 Å². The van der Waals surface area contributed by atoms with E-state index in [1.54, 1.807) is 0 Å². The number of carbonyl (C=O) groups is 1. The normalized spacial score (nSPS) is 12.7. The first-order valence-electron chi connectivity index (χ1n) is 7.49. The van der Waals surface area contributed by atoms with Gasteiger partial charge in [0.1, 0.15) is 0 Å². The highest BCUT2D eigenvalue weighted by atomic mass is 32.2. The summed E-state index contributed by atoms with van der Waals surface area (Å²) < 4.78 is 22.9. The Bertz CT molecular complexity index is 778. The molecule has 0 bridgehead atoms. The third-order valence-electron chi connectivity index (χ3n) is 3.74. The second kappa shape index (κ2) is 6.96. The summed E-state index contributed by atoms with van der Waals surface area (Å²) in [7, 11) is -3.25. The zero-order valence-corrected chi connectivity index (χ0v) is 14.4. The number of amides is 1. The molecule has 23 heavy (non-hydrogen) atoms. The van der Waals surface area contributed by atoms with Gasteiger partial charge in [-0.25, -0.2) is 8.42 Å². The summed E-state index contributed by atoms with van der Waals surface area (Å²) in [6.45, 7) is 4.03. The van der Waals surface area contributed by atoms with Crippen LogP contribution in [0.4, 0.5) is 0 Å². The van der Waals surface area contributed by atoms with Crippen LogP contribution in [0.15, 0.2) is 53.4 Å². The largest absolute Gasteiger partial charge is 0.345 e. The molecule has 0 heterocycles. The zero-order chi connectivity index (χ0) is 17.0. The van der Waals surface area contributed by atoms with E-state index in [1.165, 1.54) is 29.8 Å². The SMILES string of the molecule is CCC(NC(=O)c1ccc(S(C)(=O)=O)cc1)c1ccc(C)cc1. The van der Waals surface area contributed by atoms with E-state index in [0.717, 1.165) is 18.2 Å². The summed E-state index contributed by atoms with van der Waals surface area (Å²) in [5, 5.41) is 2.99. The van der Waals surface area contributed by atoms with Crippen LogP contribution in [0.25, 0.3) is 0 Å². The Morgan fingerprint density at radius 3 is 2.09 bits per heavy atom. The van der Waals surface area contributed by atoms with Crippen LogP contribution < -0.4 is 5.32 Å². The number of hydrogen-bond donors (Lipinski definition) is 1. The standard InChI is InChI=1S/C18H21NO3S/c1-4-17(14-7-5-13(2)6-8-14)19-18(20)15-9-11-16(12-10-15)23(3,21)22/h5-12,17H,4H2,1-3H3,(H,19,20).